The number of aryl methyl sites for hydroxylation is 1. The molecule has 34 heavy (non-hydrogen) atoms. The van der Waals surface area contributed by atoms with Crippen molar-refractivity contribution in [1.29, 1.82) is 0 Å². The van der Waals surface area contributed by atoms with E-state index in [9.17, 15) is 14.0 Å². The summed E-state index contributed by atoms with van der Waals surface area (Å²) < 4.78 is 15.8. The Bertz CT molecular complexity index is 1120. The first kappa shape index (κ1) is 23.9. The topological polar surface area (TPSA) is 67.2 Å². The van der Waals surface area contributed by atoms with Gasteiger partial charge in [-0.2, -0.15) is 0 Å². The van der Waals surface area contributed by atoms with Crippen LogP contribution < -0.4 is 5.32 Å². The van der Waals surface area contributed by atoms with E-state index in [2.05, 4.69) is 9.88 Å². The standard InChI is InChI=1S/C27H33FN4O2/c28-22-13-6-5-12-21(22)27(34)29-17-9-3-4-16-25-30-23-14-7-8-15-24(23)32(25)20-26(33)31-18-10-1-2-11-19-31/h5-8,12-15H,1-4,9-11,16-20H2,(H,29,34). The largest absolute Gasteiger partial charge is 0.352 e. The Balaban J connectivity index is 1.31. The van der Waals surface area contributed by atoms with Gasteiger partial charge >= 0.3 is 0 Å². The molecule has 2 heterocycles. The molecular formula is C27H33FN4O2. The Morgan fingerprint density at radius 3 is 2.44 bits per heavy atom. The van der Waals surface area contributed by atoms with Crippen molar-refractivity contribution < 1.29 is 14.0 Å². The van der Waals surface area contributed by atoms with Crippen molar-refractivity contribution in [1.82, 2.24) is 19.8 Å². The summed E-state index contributed by atoms with van der Waals surface area (Å²) in [6.45, 7) is 2.52. The van der Waals surface area contributed by atoms with Crippen LogP contribution in [0.15, 0.2) is 48.5 Å². The molecule has 2 aromatic carbocycles. The van der Waals surface area contributed by atoms with E-state index in [0.29, 0.717) is 13.1 Å². The monoisotopic (exact) mass is 464 g/mol. The number of halogens is 1. The number of imidazole rings is 1. The number of likely N-dealkylation sites (tertiary alicyclic amines) is 1. The summed E-state index contributed by atoms with van der Waals surface area (Å²) in [6.07, 6.45) is 7.93. The molecule has 1 aliphatic rings. The number of unbranched alkanes of at least 4 members (excludes halogenated alkanes) is 2. The number of carbonyl (C=O) groups excluding carboxylic acids is 2. The van der Waals surface area contributed by atoms with E-state index in [1.165, 1.54) is 25.0 Å². The Kier molecular flexibility index (Phi) is 8.28. The van der Waals surface area contributed by atoms with Gasteiger partial charge in [-0.1, -0.05) is 43.5 Å². The third-order valence-electron chi connectivity index (χ3n) is 6.47. The number of rotatable bonds is 9. The molecule has 0 atom stereocenters. The molecule has 1 aromatic heterocycles. The van der Waals surface area contributed by atoms with E-state index >= 15 is 0 Å². The van der Waals surface area contributed by atoms with Crippen LogP contribution in [-0.4, -0.2) is 45.9 Å². The maximum Gasteiger partial charge on any atom is 0.254 e. The average Bonchev–Trinajstić information content (AvgIpc) is 3.00. The number of para-hydroxylation sites is 2. The van der Waals surface area contributed by atoms with Gasteiger partial charge < -0.3 is 14.8 Å². The SMILES string of the molecule is O=C(NCCCCCc1nc2ccccc2n1CC(=O)N1CCCCCC1)c1ccccc1F. The van der Waals surface area contributed by atoms with Gasteiger partial charge in [-0.05, 0) is 49.9 Å². The molecule has 4 rings (SSSR count). The quantitative estimate of drug-likeness (QED) is 0.466. The van der Waals surface area contributed by atoms with Crippen LogP contribution in [0.5, 0.6) is 0 Å². The molecule has 1 saturated heterocycles. The van der Waals surface area contributed by atoms with Crippen LogP contribution in [0.4, 0.5) is 4.39 Å². The second kappa shape index (κ2) is 11.8. The molecule has 3 aromatic rings. The lowest BCUT2D eigenvalue weighted by atomic mass is 10.1. The van der Waals surface area contributed by atoms with Crippen LogP contribution in [0.2, 0.25) is 0 Å². The lowest BCUT2D eigenvalue weighted by Crippen LogP contribution is -2.34. The van der Waals surface area contributed by atoms with Gasteiger partial charge in [0.1, 0.15) is 18.2 Å². The molecule has 0 radical (unpaired) electrons. The second-order valence-corrected chi connectivity index (χ2v) is 8.94. The molecular weight excluding hydrogens is 431 g/mol. The molecule has 1 fully saturated rings. The highest BCUT2D eigenvalue weighted by Gasteiger charge is 2.19. The van der Waals surface area contributed by atoms with Crippen LogP contribution in [-0.2, 0) is 17.8 Å². The number of hydrogen-bond donors (Lipinski definition) is 1. The summed E-state index contributed by atoms with van der Waals surface area (Å²) in [5, 5.41) is 2.79. The molecule has 0 bridgehead atoms. The predicted molar refractivity (Wildman–Crippen MR) is 131 cm³/mol. The summed E-state index contributed by atoms with van der Waals surface area (Å²) in [5.74, 6) is 0.211. The van der Waals surface area contributed by atoms with Crippen molar-refractivity contribution in [2.75, 3.05) is 19.6 Å². The lowest BCUT2D eigenvalue weighted by molar-refractivity contribution is -0.131. The van der Waals surface area contributed by atoms with Gasteiger partial charge in [-0.25, -0.2) is 9.37 Å². The first-order valence-corrected chi connectivity index (χ1v) is 12.4. The lowest BCUT2D eigenvalue weighted by Gasteiger charge is -2.21. The number of hydrogen-bond acceptors (Lipinski definition) is 3. The minimum atomic E-state index is -0.506. The van der Waals surface area contributed by atoms with Crippen LogP contribution in [0, 0.1) is 5.82 Å². The first-order chi connectivity index (χ1) is 16.6. The number of nitrogens with zero attached hydrogens (tertiary/aromatic N) is 3. The van der Waals surface area contributed by atoms with Gasteiger partial charge in [0.25, 0.3) is 5.91 Å². The van der Waals surface area contributed by atoms with Crippen molar-refractivity contribution in [3.8, 4) is 0 Å². The summed E-state index contributed by atoms with van der Waals surface area (Å²) in [4.78, 5) is 32.0. The molecule has 0 unspecified atom stereocenters. The van der Waals surface area contributed by atoms with Crippen LogP contribution >= 0.6 is 0 Å². The zero-order valence-corrected chi connectivity index (χ0v) is 19.6. The first-order valence-electron chi connectivity index (χ1n) is 12.4. The van der Waals surface area contributed by atoms with E-state index in [1.54, 1.807) is 12.1 Å². The van der Waals surface area contributed by atoms with Crippen molar-refractivity contribution in [3.05, 3.63) is 65.7 Å². The Morgan fingerprint density at radius 1 is 0.912 bits per heavy atom. The van der Waals surface area contributed by atoms with Gasteiger partial charge in [0.15, 0.2) is 0 Å². The number of aromatic nitrogens is 2. The maximum absolute atomic E-state index is 13.7. The molecule has 7 heteroatoms. The highest BCUT2D eigenvalue weighted by molar-refractivity contribution is 5.94. The third-order valence-corrected chi connectivity index (χ3v) is 6.47. The highest BCUT2D eigenvalue weighted by Crippen LogP contribution is 2.19. The Hall–Kier alpha value is -3.22. The van der Waals surface area contributed by atoms with E-state index in [-0.39, 0.29) is 17.4 Å². The normalized spacial score (nSPS) is 14.2. The van der Waals surface area contributed by atoms with Crippen molar-refractivity contribution in [2.24, 2.45) is 0 Å². The Labute approximate surface area is 200 Å². The van der Waals surface area contributed by atoms with Crippen molar-refractivity contribution in [3.63, 3.8) is 0 Å². The summed E-state index contributed by atoms with van der Waals surface area (Å²) in [6, 6.07) is 14.0. The minimum Gasteiger partial charge on any atom is -0.352 e. The third kappa shape index (κ3) is 6.01. The van der Waals surface area contributed by atoms with E-state index in [1.807, 2.05) is 29.2 Å². The number of carbonyl (C=O) groups is 2. The van der Waals surface area contributed by atoms with E-state index < -0.39 is 5.82 Å². The van der Waals surface area contributed by atoms with E-state index in [4.69, 9.17) is 4.98 Å². The van der Waals surface area contributed by atoms with Gasteiger partial charge in [-0.15, -0.1) is 0 Å². The number of benzene rings is 2. The van der Waals surface area contributed by atoms with Crippen LogP contribution in [0.1, 0.15) is 61.1 Å². The van der Waals surface area contributed by atoms with Gasteiger partial charge in [0.2, 0.25) is 5.91 Å². The minimum absolute atomic E-state index is 0.0743. The van der Waals surface area contributed by atoms with Gasteiger partial charge in [0, 0.05) is 26.1 Å². The molecule has 1 aliphatic heterocycles. The average molecular weight is 465 g/mol. The predicted octanol–water partition coefficient (Wildman–Crippen LogP) is 4.72. The molecule has 0 saturated carbocycles. The number of fused-ring (bicyclic) bond motifs is 1. The summed E-state index contributed by atoms with van der Waals surface area (Å²) >= 11 is 0. The van der Waals surface area contributed by atoms with Gasteiger partial charge in [0.05, 0.1) is 16.6 Å². The maximum atomic E-state index is 13.7. The zero-order chi connectivity index (χ0) is 23.8. The van der Waals surface area contributed by atoms with Crippen LogP contribution in [0.3, 0.4) is 0 Å². The highest BCUT2D eigenvalue weighted by atomic mass is 19.1. The molecule has 2 amide bonds. The van der Waals surface area contributed by atoms with Gasteiger partial charge in [-0.3, -0.25) is 9.59 Å². The summed E-state index contributed by atoms with van der Waals surface area (Å²) in [7, 11) is 0. The smallest absolute Gasteiger partial charge is 0.254 e. The molecule has 6 nitrogen and oxygen atoms in total. The van der Waals surface area contributed by atoms with Crippen LogP contribution in [0.25, 0.3) is 11.0 Å². The number of nitrogens with one attached hydrogen (secondary N) is 1. The number of amides is 2. The second-order valence-electron chi connectivity index (χ2n) is 8.94. The zero-order valence-electron chi connectivity index (χ0n) is 19.6. The fourth-order valence-electron chi connectivity index (χ4n) is 4.58. The fraction of sp³-hybridized carbons (Fsp3) is 0.444. The Morgan fingerprint density at radius 2 is 1.65 bits per heavy atom. The van der Waals surface area contributed by atoms with E-state index in [0.717, 1.165) is 68.5 Å². The van der Waals surface area contributed by atoms with Crippen molar-refractivity contribution in [2.45, 2.75) is 57.9 Å². The molecule has 0 spiro atoms. The molecule has 0 aliphatic carbocycles. The van der Waals surface area contributed by atoms with Crippen molar-refractivity contribution >= 4 is 22.8 Å². The fourth-order valence-corrected chi connectivity index (χ4v) is 4.58. The summed E-state index contributed by atoms with van der Waals surface area (Å²) in [5.41, 5.74) is 1.99. The molecule has 1 N–H and O–H groups in total. The molecule has 180 valence electrons.